The molecule has 0 bridgehead atoms. The van der Waals surface area contributed by atoms with Gasteiger partial charge in [0, 0.05) is 19.6 Å². The number of rotatable bonds is 6. The molecule has 0 fully saturated rings. The summed E-state index contributed by atoms with van der Waals surface area (Å²) < 4.78 is 6.97. The molecule has 8 heteroatoms. The first-order valence-corrected chi connectivity index (χ1v) is 8.00. The third kappa shape index (κ3) is 6.05. The Hall–Kier alpha value is -1.57. The lowest BCUT2D eigenvalue weighted by Gasteiger charge is -2.19. The maximum Gasteiger partial charge on any atom is 0.407 e. The maximum atomic E-state index is 11.9. The number of nitrogens with zero attached hydrogens (tertiary/aromatic N) is 2. The zero-order chi connectivity index (χ0) is 16.8. The lowest BCUT2D eigenvalue weighted by Crippen LogP contribution is -2.33. The highest BCUT2D eigenvalue weighted by Gasteiger charge is 2.15. The summed E-state index contributed by atoms with van der Waals surface area (Å²) in [6.07, 6.45) is 1.87. The van der Waals surface area contributed by atoms with Gasteiger partial charge in [-0.3, -0.25) is 4.79 Å². The van der Waals surface area contributed by atoms with Crippen LogP contribution in [0.5, 0.6) is 0 Å². The molecule has 0 saturated heterocycles. The van der Waals surface area contributed by atoms with Crippen LogP contribution in [-0.2, 0) is 11.3 Å². The van der Waals surface area contributed by atoms with E-state index in [2.05, 4.69) is 31.7 Å². The Morgan fingerprint density at radius 3 is 2.68 bits per heavy atom. The number of aryl methyl sites for hydroxylation is 1. The van der Waals surface area contributed by atoms with E-state index < -0.39 is 11.7 Å². The second-order valence-corrected chi connectivity index (χ2v) is 6.50. The topological polar surface area (TPSA) is 85.2 Å². The van der Waals surface area contributed by atoms with Crippen LogP contribution in [0.2, 0.25) is 0 Å². The first-order valence-electron chi connectivity index (χ1n) is 7.21. The molecule has 0 aliphatic rings. The Bertz CT molecular complexity index is 566. The van der Waals surface area contributed by atoms with E-state index in [0.29, 0.717) is 36.2 Å². The molecule has 7 nitrogen and oxygen atoms in total. The van der Waals surface area contributed by atoms with Crippen LogP contribution in [-0.4, -0.2) is 34.6 Å². The lowest BCUT2D eigenvalue weighted by atomic mass is 10.2. The molecule has 1 aromatic heterocycles. The monoisotopic (exact) mass is 374 g/mol. The number of ether oxygens (including phenoxy) is 1. The summed E-state index contributed by atoms with van der Waals surface area (Å²) in [4.78, 5) is 23.3. The Morgan fingerprint density at radius 1 is 1.41 bits per heavy atom. The maximum absolute atomic E-state index is 11.9. The van der Waals surface area contributed by atoms with Crippen LogP contribution in [0, 0.1) is 0 Å². The Kier molecular flexibility index (Phi) is 6.86. The number of carbonyl (C=O) groups excluding carboxylic acids is 1. The van der Waals surface area contributed by atoms with Crippen molar-refractivity contribution >= 4 is 27.7 Å². The van der Waals surface area contributed by atoms with Gasteiger partial charge in [-0.15, -0.1) is 0 Å². The molecule has 22 heavy (non-hydrogen) atoms. The van der Waals surface area contributed by atoms with Gasteiger partial charge in [0.15, 0.2) is 0 Å². The number of aromatic nitrogens is 2. The fourth-order valence-electron chi connectivity index (χ4n) is 1.63. The predicted molar refractivity (Wildman–Crippen MR) is 89.2 cm³/mol. The van der Waals surface area contributed by atoms with Crippen LogP contribution in [0.1, 0.15) is 34.1 Å². The van der Waals surface area contributed by atoms with E-state index in [0.717, 1.165) is 0 Å². The van der Waals surface area contributed by atoms with E-state index in [1.807, 2.05) is 27.7 Å². The van der Waals surface area contributed by atoms with Crippen LogP contribution in [0.25, 0.3) is 0 Å². The summed E-state index contributed by atoms with van der Waals surface area (Å²) in [5.41, 5.74) is -0.0198. The first kappa shape index (κ1) is 18.5. The van der Waals surface area contributed by atoms with Gasteiger partial charge in [-0.05, 0) is 50.0 Å². The summed E-state index contributed by atoms with van der Waals surface area (Å²) in [5.74, 6) is 0. The number of nitrogens with one attached hydrogen (secondary N) is 2. The minimum Gasteiger partial charge on any atom is -0.444 e. The second-order valence-electron chi connectivity index (χ2n) is 5.70. The lowest BCUT2D eigenvalue weighted by molar-refractivity contribution is 0.0528. The van der Waals surface area contributed by atoms with E-state index in [1.165, 1.54) is 4.68 Å². The van der Waals surface area contributed by atoms with Crippen molar-refractivity contribution in [2.24, 2.45) is 0 Å². The second kappa shape index (κ2) is 8.17. The van der Waals surface area contributed by atoms with Crippen molar-refractivity contribution in [1.82, 2.24) is 15.1 Å². The van der Waals surface area contributed by atoms with Crippen LogP contribution in [0.3, 0.4) is 0 Å². The van der Waals surface area contributed by atoms with Crippen LogP contribution >= 0.6 is 15.9 Å². The fraction of sp³-hybridized carbons (Fsp3) is 0.643. The molecule has 0 aliphatic heterocycles. The summed E-state index contributed by atoms with van der Waals surface area (Å²) in [5, 5.41) is 9.83. The van der Waals surface area contributed by atoms with Gasteiger partial charge in [-0.1, -0.05) is 0 Å². The van der Waals surface area contributed by atoms with E-state index in [4.69, 9.17) is 4.74 Å². The molecule has 1 rings (SSSR count). The van der Waals surface area contributed by atoms with E-state index in [9.17, 15) is 9.59 Å². The Morgan fingerprint density at radius 2 is 2.09 bits per heavy atom. The molecule has 1 heterocycles. The highest BCUT2D eigenvalue weighted by Crippen LogP contribution is 2.15. The van der Waals surface area contributed by atoms with Gasteiger partial charge in [0.25, 0.3) is 5.56 Å². The predicted octanol–water partition coefficient (Wildman–Crippen LogP) is 2.35. The average Bonchev–Trinajstić information content (AvgIpc) is 2.41. The van der Waals surface area contributed by atoms with Gasteiger partial charge in [-0.2, -0.15) is 5.10 Å². The molecule has 0 unspecified atom stereocenters. The highest BCUT2D eigenvalue weighted by atomic mass is 79.9. The fourth-order valence-corrected chi connectivity index (χ4v) is 2.08. The smallest absolute Gasteiger partial charge is 0.407 e. The van der Waals surface area contributed by atoms with Crippen molar-refractivity contribution in [2.45, 2.75) is 46.3 Å². The molecule has 1 amide bonds. The molecule has 0 aromatic carbocycles. The quantitative estimate of drug-likeness (QED) is 0.746. The number of halogens is 1. The van der Waals surface area contributed by atoms with Crippen molar-refractivity contribution in [3.05, 3.63) is 21.0 Å². The molecular weight excluding hydrogens is 352 g/mol. The molecule has 1 aromatic rings. The zero-order valence-corrected chi connectivity index (χ0v) is 15.0. The molecule has 2 N–H and O–H groups in total. The number of amides is 1. The van der Waals surface area contributed by atoms with Gasteiger partial charge >= 0.3 is 6.09 Å². The number of hydrogen-bond donors (Lipinski definition) is 2. The Balaban J connectivity index is 2.35. The molecule has 124 valence electrons. The van der Waals surface area contributed by atoms with Gasteiger partial charge in [0.1, 0.15) is 10.1 Å². The third-order valence-corrected chi connectivity index (χ3v) is 3.39. The van der Waals surface area contributed by atoms with Crippen molar-refractivity contribution in [1.29, 1.82) is 0 Å². The molecular formula is C14H23BrN4O3. The summed E-state index contributed by atoms with van der Waals surface area (Å²) in [6, 6.07) is 0. The molecule has 0 aliphatic carbocycles. The van der Waals surface area contributed by atoms with Crippen molar-refractivity contribution < 1.29 is 9.53 Å². The van der Waals surface area contributed by atoms with Gasteiger partial charge in [0.05, 0.1) is 11.9 Å². The van der Waals surface area contributed by atoms with Gasteiger partial charge in [0.2, 0.25) is 0 Å². The minimum absolute atomic E-state index is 0.167. The molecule has 0 radical (unpaired) electrons. The summed E-state index contributed by atoms with van der Waals surface area (Å²) >= 11 is 3.27. The van der Waals surface area contributed by atoms with E-state index in [1.54, 1.807) is 6.20 Å². The first-order chi connectivity index (χ1) is 10.2. The van der Waals surface area contributed by atoms with Crippen LogP contribution in [0.15, 0.2) is 15.5 Å². The minimum atomic E-state index is -0.498. The molecule has 0 saturated carbocycles. The third-order valence-electron chi connectivity index (χ3n) is 2.62. The van der Waals surface area contributed by atoms with Crippen LogP contribution < -0.4 is 16.2 Å². The Labute approximate surface area is 138 Å². The number of anilines is 1. The highest BCUT2D eigenvalue weighted by molar-refractivity contribution is 9.10. The normalized spacial score (nSPS) is 11.1. The van der Waals surface area contributed by atoms with Crippen molar-refractivity contribution in [3.8, 4) is 0 Å². The van der Waals surface area contributed by atoms with Crippen LogP contribution in [0.4, 0.5) is 10.5 Å². The summed E-state index contributed by atoms with van der Waals surface area (Å²) in [6.45, 7) is 8.92. The van der Waals surface area contributed by atoms with Crippen molar-refractivity contribution in [3.63, 3.8) is 0 Å². The van der Waals surface area contributed by atoms with Gasteiger partial charge < -0.3 is 15.4 Å². The van der Waals surface area contributed by atoms with Gasteiger partial charge in [-0.25, -0.2) is 9.48 Å². The number of carbonyl (C=O) groups is 1. The van der Waals surface area contributed by atoms with E-state index >= 15 is 0 Å². The largest absolute Gasteiger partial charge is 0.444 e. The van der Waals surface area contributed by atoms with Crippen molar-refractivity contribution in [2.75, 3.05) is 18.4 Å². The zero-order valence-electron chi connectivity index (χ0n) is 13.4. The average molecular weight is 375 g/mol. The van der Waals surface area contributed by atoms with E-state index in [-0.39, 0.29) is 5.56 Å². The summed E-state index contributed by atoms with van der Waals surface area (Å²) in [7, 11) is 0. The molecule has 0 spiro atoms. The number of hydrogen-bond acceptors (Lipinski definition) is 5. The molecule has 0 atom stereocenters. The number of alkyl carbamates (subject to hydrolysis) is 1. The standard InChI is InChI=1S/C14H23BrN4O3/c1-5-19-12(20)11(15)10(9-18-19)16-7-6-8-17-13(21)22-14(2,3)4/h9,16H,5-8H2,1-4H3,(H,17,21). The SMILES string of the molecule is CCn1ncc(NCCCNC(=O)OC(C)(C)C)c(Br)c1=O.